The lowest BCUT2D eigenvalue weighted by molar-refractivity contribution is -0.131. The van der Waals surface area contributed by atoms with E-state index in [4.69, 9.17) is 4.74 Å². The van der Waals surface area contributed by atoms with Gasteiger partial charge in [-0.2, -0.15) is 0 Å². The molecule has 0 spiro atoms. The van der Waals surface area contributed by atoms with Crippen LogP contribution in [0.3, 0.4) is 0 Å². The monoisotopic (exact) mass is 298 g/mol. The number of rotatable bonds is 3. The van der Waals surface area contributed by atoms with Gasteiger partial charge in [0.05, 0.1) is 0 Å². The van der Waals surface area contributed by atoms with Gasteiger partial charge in [0.15, 0.2) is 0 Å². The minimum atomic E-state index is -0.335. The van der Waals surface area contributed by atoms with Crippen molar-refractivity contribution < 1.29 is 14.6 Å². The van der Waals surface area contributed by atoms with Gasteiger partial charge < -0.3 is 9.84 Å². The number of phenols is 1. The van der Waals surface area contributed by atoms with Gasteiger partial charge in [-0.3, -0.25) is 4.79 Å². The Labute approximate surface area is 131 Å². The van der Waals surface area contributed by atoms with Crippen LogP contribution >= 0.6 is 0 Å². The fourth-order valence-electron chi connectivity index (χ4n) is 2.85. The molecule has 2 rings (SSSR count). The summed E-state index contributed by atoms with van der Waals surface area (Å²) in [7, 11) is 0. The van der Waals surface area contributed by atoms with Crippen LogP contribution in [0.15, 0.2) is 24.3 Å². The van der Waals surface area contributed by atoms with E-state index in [1.165, 1.54) is 6.92 Å². The molecule has 0 atom stereocenters. The Morgan fingerprint density at radius 1 is 0.955 bits per heavy atom. The Hall–Kier alpha value is -2.29. The molecule has 0 saturated heterocycles. The minimum absolute atomic E-state index is 0.304. The number of phenolic OH excluding ortho intramolecular Hbond substituents is 1. The van der Waals surface area contributed by atoms with Crippen LogP contribution in [0.5, 0.6) is 11.5 Å². The van der Waals surface area contributed by atoms with Crippen LogP contribution in [0.4, 0.5) is 0 Å². The molecule has 1 N–H and O–H groups in total. The SMILES string of the molecule is CC(=O)Oc1c(C)cc(C)cc1Cc1cc(C)cc(C)c1O. The Morgan fingerprint density at radius 3 is 2.09 bits per heavy atom. The van der Waals surface area contributed by atoms with Crippen molar-refractivity contribution in [1.82, 2.24) is 0 Å². The maximum atomic E-state index is 11.4. The van der Waals surface area contributed by atoms with Crippen LogP contribution in [0, 0.1) is 27.7 Å². The first kappa shape index (κ1) is 16.1. The van der Waals surface area contributed by atoms with E-state index in [1.807, 2.05) is 52.0 Å². The molecule has 3 heteroatoms. The first-order valence-electron chi connectivity index (χ1n) is 7.35. The summed E-state index contributed by atoms with van der Waals surface area (Å²) in [5.41, 5.74) is 5.74. The van der Waals surface area contributed by atoms with Gasteiger partial charge in [0.2, 0.25) is 0 Å². The van der Waals surface area contributed by atoms with Crippen LogP contribution < -0.4 is 4.74 Å². The first-order valence-corrected chi connectivity index (χ1v) is 7.35. The van der Waals surface area contributed by atoms with E-state index in [9.17, 15) is 9.90 Å². The molecule has 0 radical (unpaired) electrons. The fourth-order valence-corrected chi connectivity index (χ4v) is 2.85. The third kappa shape index (κ3) is 3.48. The second-order valence-corrected chi connectivity index (χ2v) is 5.93. The van der Waals surface area contributed by atoms with Gasteiger partial charge in [0.1, 0.15) is 11.5 Å². The number of benzene rings is 2. The molecule has 116 valence electrons. The van der Waals surface area contributed by atoms with Gasteiger partial charge in [0, 0.05) is 13.3 Å². The number of ether oxygens (including phenoxy) is 1. The molecule has 0 aliphatic heterocycles. The summed E-state index contributed by atoms with van der Waals surface area (Å²) in [6, 6.07) is 7.91. The fraction of sp³-hybridized carbons (Fsp3) is 0.316. The van der Waals surface area contributed by atoms with E-state index in [-0.39, 0.29) is 5.97 Å². The molecule has 0 unspecified atom stereocenters. The van der Waals surface area contributed by atoms with Gasteiger partial charge >= 0.3 is 5.97 Å². The van der Waals surface area contributed by atoms with E-state index in [0.29, 0.717) is 17.9 Å². The molecule has 0 saturated carbocycles. The molecular weight excluding hydrogens is 276 g/mol. The Balaban J connectivity index is 2.51. The second-order valence-electron chi connectivity index (χ2n) is 5.93. The van der Waals surface area contributed by atoms with Gasteiger partial charge in [-0.15, -0.1) is 0 Å². The van der Waals surface area contributed by atoms with Crippen LogP contribution in [-0.2, 0) is 11.2 Å². The highest BCUT2D eigenvalue weighted by atomic mass is 16.5. The Morgan fingerprint density at radius 2 is 1.50 bits per heavy atom. The maximum absolute atomic E-state index is 11.4. The van der Waals surface area contributed by atoms with Crippen molar-refractivity contribution in [1.29, 1.82) is 0 Å². The zero-order valence-corrected chi connectivity index (χ0v) is 13.8. The third-order valence-corrected chi connectivity index (χ3v) is 3.65. The highest BCUT2D eigenvalue weighted by molar-refractivity contribution is 5.70. The number of aryl methyl sites for hydroxylation is 4. The number of carbonyl (C=O) groups is 1. The average Bonchev–Trinajstić information content (AvgIpc) is 2.39. The quantitative estimate of drug-likeness (QED) is 0.684. The van der Waals surface area contributed by atoms with Crippen LogP contribution in [0.25, 0.3) is 0 Å². The standard InChI is InChI=1S/C19H22O3/c1-11-6-13(3)18(21)16(8-11)10-17-9-12(2)7-14(4)19(17)22-15(5)20/h6-9,21H,10H2,1-5H3. The van der Waals surface area contributed by atoms with Crippen LogP contribution in [0.2, 0.25) is 0 Å². The van der Waals surface area contributed by atoms with Crippen molar-refractivity contribution in [3.63, 3.8) is 0 Å². The minimum Gasteiger partial charge on any atom is -0.507 e. The summed E-state index contributed by atoms with van der Waals surface area (Å²) in [5, 5.41) is 10.3. The number of hydrogen-bond donors (Lipinski definition) is 1. The van der Waals surface area contributed by atoms with Crippen molar-refractivity contribution in [3.05, 3.63) is 57.6 Å². The molecule has 2 aromatic rings. The molecule has 0 aliphatic rings. The molecule has 3 nitrogen and oxygen atoms in total. The largest absolute Gasteiger partial charge is 0.507 e. The van der Waals surface area contributed by atoms with Gasteiger partial charge in [0.25, 0.3) is 0 Å². The summed E-state index contributed by atoms with van der Waals surface area (Å²) in [6.45, 7) is 9.23. The van der Waals surface area contributed by atoms with E-state index < -0.39 is 0 Å². The summed E-state index contributed by atoms with van der Waals surface area (Å²) < 4.78 is 5.38. The number of esters is 1. The van der Waals surface area contributed by atoms with Crippen molar-refractivity contribution >= 4 is 5.97 Å². The first-order chi connectivity index (χ1) is 10.3. The van der Waals surface area contributed by atoms with Crippen molar-refractivity contribution in [3.8, 4) is 11.5 Å². The average molecular weight is 298 g/mol. The molecule has 0 heterocycles. The number of aromatic hydroxyl groups is 1. The molecule has 0 fully saturated rings. The molecule has 22 heavy (non-hydrogen) atoms. The summed E-state index contributed by atoms with van der Waals surface area (Å²) >= 11 is 0. The predicted octanol–water partition coefficient (Wildman–Crippen LogP) is 4.14. The summed E-state index contributed by atoms with van der Waals surface area (Å²) in [4.78, 5) is 11.4. The summed E-state index contributed by atoms with van der Waals surface area (Å²) in [5.74, 6) is 0.563. The zero-order chi connectivity index (χ0) is 16.4. The topological polar surface area (TPSA) is 46.5 Å². The maximum Gasteiger partial charge on any atom is 0.308 e. The predicted molar refractivity (Wildman–Crippen MR) is 87.6 cm³/mol. The molecule has 0 amide bonds. The molecular formula is C19H22O3. The van der Waals surface area contributed by atoms with Crippen molar-refractivity contribution in [2.24, 2.45) is 0 Å². The highest BCUT2D eigenvalue weighted by Gasteiger charge is 2.14. The van der Waals surface area contributed by atoms with Gasteiger partial charge in [-0.1, -0.05) is 35.4 Å². The smallest absolute Gasteiger partial charge is 0.308 e. The van der Waals surface area contributed by atoms with Crippen molar-refractivity contribution in [2.45, 2.75) is 41.0 Å². The molecule has 0 aromatic heterocycles. The third-order valence-electron chi connectivity index (χ3n) is 3.65. The summed E-state index contributed by atoms with van der Waals surface area (Å²) in [6.07, 6.45) is 0.527. The normalized spacial score (nSPS) is 10.6. The second kappa shape index (κ2) is 6.22. The van der Waals surface area contributed by atoms with Gasteiger partial charge in [-0.25, -0.2) is 0 Å². The van der Waals surface area contributed by atoms with Crippen LogP contribution in [-0.4, -0.2) is 11.1 Å². The zero-order valence-electron chi connectivity index (χ0n) is 13.8. The van der Waals surface area contributed by atoms with E-state index in [1.54, 1.807) is 0 Å². The molecule has 2 aromatic carbocycles. The van der Waals surface area contributed by atoms with Crippen molar-refractivity contribution in [2.75, 3.05) is 0 Å². The highest BCUT2D eigenvalue weighted by Crippen LogP contribution is 2.32. The Bertz CT molecular complexity index is 730. The molecule has 0 aliphatic carbocycles. The lowest BCUT2D eigenvalue weighted by atomic mass is 9.96. The van der Waals surface area contributed by atoms with Gasteiger partial charge in [-0.05, 0) is 49.9 Å². The van der Waals surface area contributed by atoms with E-state index in [0.717, 1.165) is 33.4 Å². The Kier molecular flexibility index (Phi) is 4.55. The van der Waals surface area contributed by atoms with E-state index in [2.05, 4.69) is 0 Å². The lowest BCUT2D eigenvalue weighted by Crippen LogP contribution is -2.07. The number of carbonyl (C=O) groups excluding carboxylic acids is 1. The lowest BCUT2D eigenvalue weighted by Gasteiger charge is -2.15. The van der Waals surface area contributed by atoms with Crippen LogP contribution in [0.1, 0.15) is 40.3 Å². The molecule has 0 bridgehead atoms. The number of hydrogen-bond acceptors (Lipinski definition) is 3. The van der Waals surface area contributed by atoms with E-state index >= 15 is 0 Å².